The molecular formula is C21H18ClF2N5O4. The number of hydrogen-bond donors (Lipinski definition) is 1. The van der Waals surface area contributed by atoms with Crippen molar-refractivity contribution in [1.29, 1.82) is 0 Å². The van der Waals surface area contributed by atoms with E-state index in [0.717, 1.165) is 6.42 Å². The Morgan fingerprint density at radius 2 is 2.00 bits per heavy atom. The van der Waals surface area contributed by atoms with Gasteiger partial charge in [-0.05, 0) is 36.8 Å². The van der Waals surface area contributed by atoms with Gasteiger partial charge in [0.05, 0.1) is 24.2 Å². The van der Waals surface area contributed by atoms with E-state index in [4.69, 9.17) is 16.4 Å². The van der Waals surface area contributed by atoms with Crippen LogP contribution in [0.15, 0.2) is 53.7 Å². The van der Waals surface area contributed by atoms with E-state index in [-0.39, 0.29) is 16.9 Å². The molecule has 1 fully saturated rings. The maximum absolute atomic E-state index is 12.8. The van der Waals surface area contributed by atoms with Gasteiger partial charge in [0.15, 0.2) is 5.82 Å². The largest absolute Gasteiger partial charge is 0.487 e. The fourth-order valence-corrected chi connectivity index (χ4v) is 3.22. The molecule has 1 saturated heterocycles. The van der Waals surface area contributed by atoms with E-state index < -0.39 is 11.5 Å². The number of benzene rings is 1. The average Bonchev–Trinajstić information content (AvgIpc) is 3.30. The van der Waals surface area contributed by atoms with Crippen LogP contribution in [0.5, 0.6) is 5.75 Å². The van der Waals surface area contributed by atoms with Gasteiger partial charge in [-0.25, -0.2) is 15.0 Å². The number of anilines is 2. The van der Waals surface area contributed by atoms with Gasteiger partial charge in [0.2, 0.25) is 0 Å². The normalized spacial score (nSPS) is 13.8. The van der Waals surface area contributed by atoms with Crippen LogP contribution in [0.25, 0.3) is 11.3 Å². The number of ether oxygens (including phenoxy) is 1. The molecule has 3 heterocycles. The Hall–Kier alpha value is -3.57. The fraction of sp³-hybridized carbons (Fsp3) is 0.238. The Bertz CT molecular complexity index is 1220. The Labute approximate surface area is 191 Å². The quantitative estimate of drug-likeness (QED) is 0.543. The lowest BCUT2D eigenvalue weighted by Crippen LogP contribution is -2.21. The summed E-state index contributed by atoms with van der Waals surface area (Å²) < 4.78 is 31.1. The van der Waals surface area contributed by atoms with Crippen molar-refractivity contribution < 1.29 is 23.1 Å². The second-order valence-electron chi connectivity index (χ2n) is 7.13. The number of aromatic nitrogens is 3. The highest BCUT2D eigenvalue weighted by molar-refractivity contribution is 6.20. The fourth-order valence-electron chi connectivity index (χ4n) is 3.14. The summed E-state index contributed by atoms with van der Waals surface area (Å²) in [6.45, 7) is 1.13. The van der Waals surface area contributed by atoms with Gasteiger partial charge < -0.3 is 14.6 Å². The Kier molecular flexibility index (Phi) is 6.25. The van der Waals surface area contributed by atoms with Crippen molar-refractivity contribution in [2.75, 3.05) is 23.5 Å². The van der Waals surface area contributed by atoms with Crippen LogP contribution in [-0.2, 0) is 11.9 Å². The number of carbonyl (C=O) groups excluding carboxylic acids is 1. The number of pyridine rings is 1. The van der Waals surface area contributed by atoms with Crippen molar-refractivity contribution in [2.24, 2.45) is 7.05 Å². The third-order valence-electron chi connectivity index (χ3n) is 4.72. The number of halogens is 3. The van der Waals surface area contributed by atoms with Crippen molar-refractivity contribution in [3.63, 3.8) is 0 Å². The van der Waals surface area contributed by atoms with Gasteiger partial charge in [0, 0.05) is 48.7 Å². The summed E-state index contributed by atoms with van der Waals surface area (Å²) in [6.07, 6.45) is 3.57. The molecule has 0 saturated carbocycles. The first-order valence-corrected chi connectivity index (χ1v) is 10.2. The standard InChI is InChI=1S/C21H18ClF2N5O4/c1-28-12-26-17(10-18(28)30)16-9-13(11-25-19(16)29-7-2-8-32-29)20(31)27-14-3-5-15(6-4-14)33-21(22,23)24/h3-6,9-12H,2,7-8H2,1H3,(H,27,31). The van der Waals surface area contributed by atoms with Crippen molar-refractivity contribution >= 4 is 29.0 Å². The van der Waals surface area contributed by atoms with Crippen LogP contribution in [-0.4, -0.2) is 39.2 Å². The molecule has 0 unspecified atom stereocenters. The lowest BCUT2D eigenvalue weighted by atomic mass is 10.1. The van der Waals surface area contributed by atoms with Crippen LogP contribution in [0.3, 0.4) is 0 Å². The lowest BCUT2D eigenvalue weighted by Gasteiger charge is -2.19. The van der Waals surface area contributed by atoms with Gasteiger partial charge >= 0.3 is 5.57 Å². The second kappa shape index (κ2) is 9.12. The second-order valence-corrected chi connectivity index (χ2v) is 7.57. The lowest BCUT2D eigenvalue weighted by molar-refractivity contribution is -0.0964. The minimum absolute atomic E-state index is 0.163. The zero-order valence-electron chi connectivity index (χ0n) is 17.3. The summed E-state index contributed by atoms with van der Waals surface area (Å²) in [5.41, 5.74) is -2.77. The van der Waals surface area contributed by atoms with Crippen LogP contribution in [0.2, 0.25) is 0 Å². The van der Waals surface area contributed by atoms with Crippen molar-refractivity contribution in [2.45, 2.75) is 12.0 Å². The summed E-state index contributed by atoms with van der Waals surface area (Å²) in [6, 6.07) is 8.18. The first-order valence-electron chi connectivity index (χ1n) is 9.80. The van der Waals surface area contributed by atoms with E-state index in [2.05, 4.69) is 20.0 Å². The molecule has 4 rings (SSSR count). The molecule has 0 aliphatic carbocycles. The third kappa shape index (κ3) is 5.44. The van der Waals surface area contributed by atoms with Crippen LogP contribution in [0.4, 0.5) is 20.3 Å². The Morgan fingerprint density at radius 1 is 1.24 bits per heavy atom. The molecule has 1 aliphatic rings. The molecule has 0 radical (unpaired) electrons. The molecule has 3 aromatic rings. The molecule has 172 valence electrons. The number of hydrogen-bond acceptors (Lipinski definition) is 7. The van der Waals surface area contributed by atoms with Crippen molar-refractivity contribution in [3.05, 3.63) is 64.8 Å². The molecular weight excluding hydrogens is 460 g/mol. The Morgan fingerprint density at radius 3 is 2.64 bits per heavy atom. The van der Waals surface area contributed by atoms with E-state index in [1.165, 1.54) is 47.4 Å². The molecule has 1 aromatic carbocycles. The van der Waals surface area contributed by atoms with E-state index in [0.29, 0.717) is 35.9 Å². The van der Waals surface area contributed by atoms with Gasteiger partial charge in [0.25, 0.3) is 11.5 Å². The zero-order valence-corrected chi connectivity index (χ0v) is 18.1. The molecule has 0 atom stereocenters. The number of rotatable bonds is 6. The first kappa shape index (κ1) is 22.6. The monoisotopic (exact) mass is 477 g/mol. The highest BCUT2D eigenvalue weighted by Crippen LogP contribution is 2.30. The summed E-state index contributed by atoms with van der Waals surface area (Å²) in [7, 11) is 1.58. The zero-order chi connectivity index (χ0) is 23.6. The number of aryl methyl sites for hydroxylation is 1. The van der Waals surface area contributed by atoms with Gasteiger partial charge in [-0.2, -0.15) is 0 Å². The number of amides is 1. The van der Waals surface area contributed by atoms with Gasteiger partial charge in [0.1, 0.15) is 5.75 Å². The molecule has 33 heavy (non-hydrogen) atoms. The predicted octanol–water partition coefficient (Wildman–Crippen LogP) is 3.40. The van der Waals surface area contributed by atoms with Crippen LogP contribution in [0.1, 0.15) is 16.8 Å². The summed E-state index contributed by atoms with van der Waals surface area (Å²) >= 11 is 4.74. The summed E-state index contributed by atoms with van der Waals surface area (Å²) in [4.78, 5) is 39.2. The minimum atomic E-state index is -3.83. The number of hydroxylamine groups is 1. The number of nitrogens with one attached hydrogen (secondary N) is 1. The highest BCUT2D eigenvalue weighted by atomic mass is 35.5. The number of carbonyl (C=O) groups is 1. The maximum atomic E-state index is 12.8. The maximum Gasteiger partial charge on any atom is 0.487 e. The molecule has 1 N–H and O–H groups in total. The van der Waals surface area contributed by atoms with E-state index in [1.807, 2.05) is 0 Å². The van der Waals surface area contributed by atoms with Crippen LogP contribution < -0.4 is 20.7 Å². The molecule has 2 aromatic heterocycles. The van der Waals surface area contributed by atoms with E-state index in [1.54, 1.807) is 18.2 Å². The van der Waals surface area contributed by atoms with Crippen molar-refractivity contribution in [1.82, 2.24) is 14.5 Å². The molecule has 0 spiro atoms. The van der Waals surface area contributed by atoms with E-state index in [9.17, 15) is 18.4 Å². The highest BCUT2D eigenvalue weighted by Gasteiger charge is 2.27. The number of nitrogens with zero attached hydrogens (tertiary/aromatic N) is 4. The van der Waals surface area contributed by atoms with Crippen LogP contribution >= 0.6 is 11.6 Å². The van der Waals surface area contributed by atoms with Gasteiger partial charge in [-0.15, -0.1) is 8.78 Å². The molecule has 9 nitrogen and oxygen atoms in total. The van der Waals surface area contributed by atoms with E-state index >= 15 is 0 Å². The predicted molar refractivity (Wildman–Crippen MR) is 116 cm³/mol. The molecule has 1 aliphatic heterocycles. The van der Waals surface area contributed by atoms with Crippen LogP contribution in [0, 0.1) is 0 Å². The van der Waals surface area contributed by atoms with Gasteiger partial charge in [-0.3, -0.25) is 14.4 Å². The number of alkyl halides is 3. The third-order valence-corrected chi connectivity index (χ3v) is 4.79. The topological polar surface area (TPSA) is 98.6 Å². The minimum Gasteiger partial charge on any atom is -0.420 e. The first-order chi connectivity index (χ1) is 15.7. The average molecular weight is 478 g/mol. The summed E-state index contributed by atoms with van der Waals surface area (Å²) in [5.74, 6) is -0.227. The Balaban J connectivity index is 1.61. The molecule has 0 bridgehead atoms. The smallest absolute Gasteiger partial charge is 0.420 e. The van der Waals surface area contributed by atoms with Crippen molar-refractivity contribution in [3.8, 4) is 17.0 Å². The van der Waals surface area contributed by atoms with Gasteiger partial charge in [-0.1, -0.05) is 0 Å². The molecule has 12 heteroatoms. The molecule has 1 amide bonds. The SMILES string of the molecule is Cn1cnc(-c2cc(C(=O)Nc3ccc(OC(F)(F)Cl)cc3)cnc2N2CCCO2)cc1=O. The summed E-state index contributed by atoms with van der Waals surface area (Å²) in [5, 5.41) is 4.25.